The first-order valence-electron chi connectivity index (χ1n) is 4.08. The maximum absolute atomic E-state index is 5.75. The van der Waals surface area contributed by atoms with Gasteiger partial charge in [0.15, 0.2) is 5.29 Å². The topological polar surface area (TPSA) is 24.4 Å². The molecule has 1 atom stereocenters. The molecule has 66 valence electrons. The van der Waals surface area contributed by atoms with Crippen LogP contribution in [0.2, 0.25) is 0 Å². The van der Waals surface area contributed by atoms with Gasteiger partial charge in [0.2, 0.25) is 0 Å². The molecular weight excluding hydrogens is 184 g/mol. The molecular formula is C10H9ClN2. The van der Waals surface area contributed by atoms with Crippen LogP contribution >= 0.6 is 11.6 Å². The zero-order valence-corrected chi connectivity index (χ0v) is 7.70. The third kappa shape index (κ3) is 1.90. The van der Waals surface area contributed by atoms with Gasteiger partial charge in [-0.15, -0.1) is 0 Å². The summed E-state index contributed by atoms with van der Waals surface area (Å²) >= 11 is 5.75. The van der Waals surface area contributed by atoms with Crippen molar-refractivity contribution in [1.29, 1.82) is 0 Å². The lowest BCUT2D eigenvalue weighted by atomic mass is 10.1. The molecule has 3 heteroatoms. The summed E-state index contributed by atoms with van der Waals surface area (Å²) in [6.45, 7) is 0. The highest BCUT2D eigenvalue weighted by molar-refractivity contribution is 6.64. The van der Waals surface area contributed by atoms with Gasteiger partial charge < -0.3 is 5.32 Å². The summed E-state index contributed by atoms with van der Waals surface area (Å²) in [6.07, 6.45) is 3.79. The van der Waals surface area contributed by atoms with Crippen LogP contribution in [-0.2, 0) is 0 Å². The molecule has 2 nitrogen and oxygen atoms in total. The molecule has 1 unspecified atom stereocenters. The highest BCUT2D eigenvalue weighted by atomic mass is 35.5. The van der Waals surface area contributed by atoms with Crippen molar-refractivity contribution in [2.75, 3.05) is 0 Å². The molecule has 0 saturated heterocycles. The highest BCUT2D eigenvalue weighted by Gasteiger charge is 2.09. The molecule has 0 amide bonds. The van der Waals surface area contributed by atoms with Crippen LogP contribution in [0.4, 0.5) is 0 Å². The van der Waals surface area contributed by atoms with Crippen molar-refractivity contribution in [3.05, 3.63) is 48.2 Å². The third-order valence-corrected chi connectivity index (χ3v) is 2.08. The van der Waals surface area contributed by atoms with E-state index in [1.54, 1.807) is 0 Å². The summed E-state index contributed by atoms with van der Waals surface area (Å²) in [5, 5.41) is 3.26. The fourth-order valence-electron chi connectivity index (χ4n) is 1.25. The number of amidine groups is 1. The first kappa shape index (κ1) is 8.32. The Balaban J connectivity index is 2.27. The fraction of sp³-hybridized carbons (Fsp3) is 0.100. The largest absolute Gasteiger partial charge is 0.337 e. The highest BCUT2D eigenvalue weighted by Crippen LogP contribution is 2.20. The van der Waals surface area contributed by atoms with Crippen molar-refractivity contribution in [1.82, 2.24) is 5.32 Å². The number of aliphatic imine (C=N–C) groups is 1. The molecule has 1 aliphatic heterocycles. The van der Waals surface area contributed by atoms with Crippen LogP contribution in [0.15, 0.2) is 47.6 Å². The van der Waals surface area contributed by atoms with E-state index < -0.39 is 0 Å². The monoisotopic (exact) mass is 192 g/mol. The normalized spacial score (nSPS) is 20.7. The summed E-state index contributed by atoms with van der Waals surface area (Å²) < 4.78 is 0. The number of rotatable bonds is 1. The first-order chi connectivity index (χ1) is 6.36. The molecule has 1 aromatic rings. The molecule has 1 N–H and O–H groups in total. The lowest BCUT2D eigenvalue weighted by Crippen LogP contribution is -2.16. The standard InChI is InChI=1S/C10H9ClN2/c11-10-12-7-6-9(13-10)8-4-2-1-3-5-8/h1-7,9H,(H,12,13). The maximum Gasteiger partial charge on any atom is 0.196 e. The number of halogens is 1. The van der Waals surface area contributed by atoms with Crippen molar-refractivity contribution >= 4 is 16.9 Å². The van der Waals surface area contributed by atoms with E-state index in [0.717, 1.165) is 5.56 Å². The number of hydrogen-bond donors (Lipinski definition) is 1. The van der Waals surface area contributed by atoms with Crippen molar-refractivity contribution in [3.8, 4) is 0 Å². The van der Waals surface area contributed by atoms with Gasteiger partial charge in [-0.3, -0.25) is 0 Å². The Morgan fingerprint density at radius 2 is 2.00 bits per heavy atom. The summed E-state index contributed by atoms with van der Waals surface area (Å²) in [5.41, 5.74) is 1.15. The zero-order chi connectivity index (χ0) is 9.10. The van der Waals surface area contributed by atoms with Crippen molar-refractivity contribution in [3.63, 3.8) is 0 Å². The lowest BCUT2D eigenvalue weighted by Gasteiger charge is -2.13. The van der Waals surface area contributed by atoms with Gasteiger partial charge in [0, 0.05) is 6.20 Å². The Morgan fingerprint density at radius 3 is 2.69 bits per heavy atom. The predicted molar refractivity (Wildman–Crippen MR) is 54.7 cm³/mol. The van der Waals surface area contributed by atoms with Gasteiger partial charge in [0.25, 0.3) is 0 Å². The molecule has 1 aliphatic rings. The second-order valence-corrected chi connectivity index (χ2v) is 3.14. The zero-order valence-electron chi connectivity index (χ0n) is 6.94. The summed E-state index contributed by atoms with van der Waals surface area (Å²) in [5.74, 6) is 0. The second-order valence-electron chi connectivity index (χ2n) is 2.78. The molecule has 1 aromatic carbocycles. The number of hydrogen-bond acceptors (Lipinski definition) is 2. The summed E-state index contributed by atoms with van der Waals surface area (Å²) in [6, 6.07) is 10.1. The van der Waals surface area contributed by atoms with Crippen LogP contribution in [0.25, 0.3) is 0 Å². The Hall–Kier alpha value is -1.28. The number of nitrogens with zero attached hydrogens (tertiary/aromatic N) is 1. The Morgan fingerprint density at radius 1 is 1.23 bits per heavy atom. The average molecular weight is 193 g/mol. The predicted octanol–water partition coefficient (Wildman–Crippen LogP) is 2.44. The molecule has 1 heterocycles. The van der Waals surface area contributed by atoms with Crippen LogP contribution in [-0.4, -0.2) is 5.29 Å². The van der Waals surface area contributed by atoms with E-state index in [0.29, 0.717) is 5.29 Å². The van der Waals surface area contributed by atoms with Crippen LogP contribution in [0, 0.1) is 0 Å². The van der Waals surface area contributed by atoms with E-state index in [1.165, 1.54) is 0 Å². The SMILES string of the molecule is ClC1=NC(c2ccccc2)C=CN1. The van der Waals surface area contributed by atoms with Crippen LogP contribution in [0.1, 0.15) is 11.6 Å². The summed E-state index contributed by atoms with van der Waals surface area (Å²) in [4.78, 5) is 4.24. The van der Waals surface area contributed by atoms with Crippen LogP contribution in [0.3, 0.4) is 0 Å². The van der Waals surface area contributed by atoms with E-state index >= 15 is 0 Å². The third-order valence-electron chi connectivity index (χ3n) is 1.87. The van der Waals surface area contributed by atoms with Gasteiger partial charge >= 0.3 is 0 Å². The van der Waals surface area contributed by atoms with Crippen LogP contribution in [0.5, 0.6) is 0 Å². The Labute approximate surface area is 81.9 Å². The molecule has 0 fully saturated rings. The van der Waals surface area contributed by atoms with E-state index in [2.05, 4.69) is 10.3 Å². The van der Waals surface area contributed by atoms with Gasteiger partial charge in [0.05, 0.1) is 6.04 Å². The minimum Gasteiger partial charge on any atom is -0.337 e. The minimum atomic E-state index is 0.0509. The molecule has 13 heavy (non-hydrogen) atoms. The fourth-order valence-corrected chi connectivity index (χ4v) is 1.41. The maximum atomic E-state index is 5.75. The first-order valence-corrected chi connectivity index (χ1v) is 4.45. The van der Waals surface area contributed by atoms with Crippen molar-refractivity contribution < 1.29 is 0 Å². The van der Waals surface area contributed by atoms with E-state index in [4.69, 9.17) is 11.6 Å². The van der Waals surface area contributed by atoms with Crippen molar-refractivity contribution in [2.45, 2.75) is 6.04 Å². The van der Waals surface area contributed by atoms with Gasteiger partial charge in [-0.25, -0.2) is 4.99 Å². The van der Waals surface area contributed by atoms with Gasteiger partial charge in [-0.05, 0) is 23.2 Å². The van der Waals surface area contributed by atoms with Crippen LogP contribution < -0.4 is 5.32 Å². The van der Waals surface area contributed by atoms with E-state index in [1.807, 2.05) is 42.6 Å². The van der Waals surface area contributed by atoms with E-state index in [-0.39, 0.29) is 6.04 Å². The average Bonchev–Trinajstić information content (AvgIpc) is 2.19. The van der Waals surface area contributed by atoms with Gasteiger partial charge in [-0.2, -0.15) is 0 Å². The molecule has 0 radical (unpaired) electrons. The number of nitrogens with one attached hydrogen (secondary N) is 1. The molecule has 2 rings (SSSR count). The second kappa shape index (κ2) is 3.62. The summed E-state index contributed by atoms with van der Waals surface area (Å²) in [7, 11) is 0. The minimum absolute atomic E-state index is 0.0509. The molecule has 0 aliphatic carbocycles. The molecule has 0 bridgehead atoms. The molecule has 0 spiro atoms. The molecule has 0 aromatic heterocycles. The molecule has 0 saturated carbocycles. The Bertz CT molecular complexity index is 343. The smallest absolute Gasteiger partial charge is 0.196 e. The quantitative estimate of drug-likeness (QED) is 0.680. The van der Waals surface area contributed by atoms with Gasteiger partial charge in [0.1, 0.15) is 0 Å². The van der Waals surface area contributed by atoms with Gasteiger partial charge in [-0.1, -0.05) is 30.3 Å². The van der Waals surface area contributed by atoms with E-state index in [9.17, 15) is 0 Å². The number of benzene rings is 1. The van der Waals surface area contributed by atoms with Crippen molar-refractivity contribution in [2.24, 2.45) is 4.99 Å². The lowest BCUT2D eigenvalue weighted by molar-refractivity contribution is 0.880. The Kier molecular flexibility index (Phi) is 2.32.